The van der Waals surface area contributed by atoms with Gasteiger partial charge >= 0.3 is 0 Å². The molecule has 0 aliphatic carbocycles. The highest BCUT2D eigenvalue weighted by Crippen LogP contribution is 2.42. The van der Waals surface area contributed by atoms with Crippen LogP contribution in [0.15, 0.2) is 42.6 Å². The van der Waals surface area contributed by atoms with Gasteiger partial charge in [0.05, 0.1) is 18.7 Å². The van der Waals surface area contributed by atoms with Crippen molar-refractivity contribution < 1.29 is 19.0 Å². The number of nitrogens with two attached hydrogens (primary N) is 1. The lowest BCUT2D eigenvalue weighted by atomic mass is 9.87. The summed E-state index contributed by atoms with van der Waals surface area (Å²) in [5.41, 5.74) is 6.12. The Hall–Kier alpha value is -2.51. The van der Waals surface area contributed by atoms with E-state index in [2.05, 4.69) is 4.98 Å². The number of likely N-dealkylation sites (tertiary alicyclic amines) is 1. The van der Waals surface area contributed by atoms with E-state index in [0.717, 1.165) is 5.56 Å². The summed E-state index contributed by atoms with van der Waals surface area (Å²) in [7, 11) is 0. The first-order valence-corrected chi connectivity index (χ1v) is 8.56. The van der Waals surface area contributed by atoms with E-state index in [1.165, 1.54) is 18.3 Å². The molecule has 3 N–H and O–H groups in total. The van der Waals surface area contributed by atoms with E-state index in [1.807, 2.05) is 6.07 Å². The fourth-order valence-electron chi connectivity index (χ4n) is 3.91. The number of nitrogens with zero attached hydrogens (tertiary/aromatic N) is 2. The number of rotatable bonds is 2. The van der Waals surface area contributed by atoms with Gasteiger partial charge < -0.3 is 20.5 Å². The molecular weight excluding hydrogens is 337 g/mol. The molecule has 3 heterocycles. The fraction of sp³-hybridized carbons (Fsp3) is 0.368. The van der Waals surface area contributed by atoms with Crippen LogP contribution in [0, 0.1) is 5.82 Å². The zero-order chi connectivity index (χ0) is 18.3. The van der Waals surface area contributed by atoms with Gasteiger partial charge in [0.2, 0.25) is 0 Å². The van der Waals surface area contributed by atoms with Crippen LogP contribution in [0.4, 0.5) is 10.2 Å². The minimum Gasteiger partial charge on any atom is -0.388 e. The quantitative estimate of drug-likeness (QED) is 0.852. The molecule has 1 aromatic heterocycles. The number of benzene rings is 1. The van der Waals surface area contributed by atoms with Crippen LogP contribution in [-0.4, -0.2) is 52.3 Å². The van der Waals surface area contributed by atoms with E-state index >= 15 is 0 Å². The van der Waals surface area contributed by atoms with Crippen LogP contribution in [0.25, 0.3) is 0 Å². The third-order valence-corrected chi connectivity index (χ3v) is 5.30. The Morgan fingerprint density at radius 2 is 2.23 bits per heavy atom. The zero-order valence-electron chi connectivity index (χ0n) is 14.1. The van der Waals surface area contributed by atoms with Crippen LogP contribution in [0.1, 0.15) is 28.3 Å². The molecule has 6 nitrogen and oxygen atoms in total. The molecule has 0 radical (unpaired) electrons. The summed E-state index contributed by atoms with van der Waals surface area (Å²) in [5, 5.41) is 10.6. The predicted molar refractivity (Wildman–Crippen MR) is 93.0 cm³/mol. The first-order chi connectivity index (χ1) is 12.5. The molecule has 0 unspecified atom stereocenters. The number of aliphatic hydroxyl groups is 1. The van der Waals surface area contributed by atoms with E-state index in [4.69, 9.17) is 10.5 Å². The van der Waals surface area contributed by atoms with Gasteiger partial charge in [-0.3, -0.25) is 4.79 Å². The normalized spacial score (nSPS) is 28.0. The van der Waals surface area contributed by atoms with Gasteiger partial charge in [-0.25, -0.2) is 9.37 Å². The highest BCUT2D eigenvalue weighted by molar-refractivity contribution is 5.98. The Balaban J connectivity index is 1.52. The summed E-state index contributed by atoms with van der Waals surface area (Å²) in [6.45, 7) is 0.827. The number of hydrogen-bond acceptors (Lipinski definition) is 5. The molecule has 7 heteroatoms. The van der Waals surface area contributed by atoms with E-state index in [-0.39, 0.29) is 36.5 Å². The largest absolute Gasteiger partial charge is 0.388 e. The topological polar surface area (TPSA) is 88.7 Å². The second-order valence-corrected chi connectivity index (χ2v) is 6.97. The summed E-state index contributed by atoms with van der Waals surface area (Å²) >= 11 is 0. The third-order valence-electron chi connectivity index (χ3n) is 5.30. The van der Waals surface area contributed by atoms with E-state index in [9.17, 15) is 14.3 Å². The van der Waals surface area contributed by atoms with Crippen molar-refractivity contribution in [3.63, 3.8) is 0 Å². The van der Waals surface area contributed by atoms with Crippen LogP contribution >= 0.6 is 0 Å². The van der Waals surface area contributed by atoms with Gasteiger partial charge in [0.1, 0.15) is 23.3 Å². The minimum atomic E-state index is -0.830. The van der Waals surface area contributed by atoms with Crippen molar-refractivity contribution in [2.45, 2.75) is 24.0 Å². The monoisotopic (exact) mass is 357 g/mol. The highest BCUT2D eigenvalue weighted by atomic mass is 19.1. The molecular formula is C19H20FN3O3. The molecule has 0 saturated carbocycles. The van der Waals surface area contributed by atoms with Gasteiger partial charge in [-0.05, 0) is 36.2 Å². The number of hydrogen-bond donors (Lipinski definition) is 2. The van der Waals surface area contributed by atoms with Crippen molar-refractivity contribution in [1.82, 2.24) is 9.88 Å². The van der Waals surface area contributed by atoms with Gasteiger partial charge in [-0.1, -0.05) is 12.1 Å². The predicted octanol–water partition coefficient (Wildman–Crippen LogP) is 1.56. The smallest absolute Gasteiger partial charge is 0.257 e. The summed E-state index contributed by atoms with van der Waals surface area (Å²) in [5.74, 6) is -0.416. The average molecular weight is 357 g/mol. The summed E-state index contributed by atoms with van der Waals surface area (Å²) < 4.78 is 19.5. The van der Waals surface area contributed by atoms with Gasteiger partial charge in [-0.15, -0.1) is 0 Å². The van der Waals surface area contributed by atoms with Crippen LogP contribution in [-0.2, 0) is 4.74 Å². The number of carbonyl (C=O) groups is 1. The fourth-order valence-corrected chi connectivity index (χ4v) is 3.91. The molecule has 1 spiro atoms. The molecule has 1 amide bonds. The first-order valence-electron chi connectivity index (χ1n) is 8.56. The minimum absolute atomic E-state index is 0.0149. The standard InChI is InChI=1S/C19H20FN3O3/c20-14-4-1-3-12(7-14)13-8-19(26-10-13)11-23(9-16(19)24)18(25)15-5-2-6-22-17(15)21/h1-7,13,16,24H,8-11H2,(H2,21,22)/t13-,16-,19-/m1/s1. The zero-order valence-corrected chi connectivity index (χ0v) is 14.1. The number of amides is 1. The Labute approximate surface area is 150 Å². The van der Waals surface area contributed by atoms with Crippen molar-refractivity contribution in [3.8, 4) is 0 Å². The van der Waals surface area contributed by atoms with Gasteiger partial charge in [0.15, 0.2) is 0 Å². The molecule has 26 heavy (non-hydrogen) atoms. The lowest BCUT2D eigenvalue weighted by molar-refractivity contribution is -0.0591. The van der Waals surface area contributed by atoms with Crippen molar-refractivity contribution in [3.05, 3.63) is 59.5 Å². The van der Waals surface area contributed by atoms with Crippen LogP contribution in [0.2, 0.25) is 0 Å². The van der Waals surface area contributed by atoms with Crippen molar-refractivity contribution in [2.75, 3.05) is 25.4 Å². The number of β-amino-alcohol motifs (C(OH)–C–C–N with tert-alkyl or cyclic N) is 1. The molecule has 2 aromatic rings. The Morgan fingerprint density at radius 3 is 3.00 bits per heavy atom. The van der Waals surface area contributed by atoms with Gasteiger partial charge in [0.25, 0.3) is 5.91 Å². The van der Waals surface area contributed by atoms with E-state index < -0.39 is 11.7 Å². The molecule has 2 fully saturated rings. The van der Waals surface area contributed by atoms with Gasteiger partial charge in [0, 0.05) is 18.7 Å². The number of aliphatic hydroxyl groups excluding tert-OH is 1. The Kier molecular flexibility index (Phi) is 4.13. The molecule has 4 rings (SSSR count). The van der Waals surface area contributed by atoms with Crippen LogP contribution in [0.3, 0.4) is 0 Å². The third kappa shape index (κ3) is 2.83. The van der Waals surface area contributed by atoms with Crippen molar-refractivity contribution >= 4 is 11.7 Å². The lowest BCUT2D eigenvalue weighted by Gasteiger charge is -2.26. The summed E-state index contributed by atoms with van der Waals surface area (Å²) in [4.78, 5) is 18.2. The highest BCUT2D eigenvalue weighted by Gasteiger charge is 2.53. The van der Waals surface area contributed by atoms with Crippen LogP contribution in [0.5, 0.6) is 0 Å². The number of anilines is 1. The first kappa shape index (κ1) is 16.9. The van der Waals surface area contributed by atoms with E-state index in [1.54, 1.807) is 23.1 Å². The van der Waals surface area contributed by atoms with Crippen LogP contribution < -0.4 is 5.73 Å². The van der Waals surface area contributed by atoms with Gasteiger partial charge in [-0.2, -0.15) is 0 Å². The number of halogens is 1. The second-order valence-electron chi connectivity index (χ2n) is 6.97. The Bertz CT molecular complexity index is 846. The Morgan fingerprint density at radius 1 is 1.38 bits per heavy atom. The molecule has 0 bridgehead atoms. The number of pyridine rings is 1. The van der Waals surface area contributed by atoms with E-state index in [0.29, 0.717) is 18.6 Å². The number of ether oxygens (including phenoxy) is 1. The van der Waals surface area contributed by atoms with Crippen molar-refractivity contribution in [2.24, 2.45) is 0 Å². The van der Waals surface area contributed by atoms with Crippen molar-refractivity contribution in [1.29, 1.82) is 0 Å². The molecule has 2 aliphatic rings. The summed E-state index contributed by atoms with van der Waals surface area (Å²) in [6, 6.07) is 9.69. The SMILES string of the molecule is Nc1ncccc1C(=O)N1C[C@@H](O)[C@@]2(C[C@@H](c3cccc(F)c3)CO2)C1. The maximum absolute atomic E-state index is 13.5. The molecule has 3 atom stereocenters. The number of aromatic nitrogens is 1. The second kappa shape index (κ2) is 6.34. The molecule has 2 saturated heterocycles. The average Bonchev–Trinajstić information content (AvgIpc) is 3.20. The number of carbonyl (C=O) groups excluding carboxylic acids is 1. The maximum Gasteiger partial charge on any atom is 0.257 e. The summed E-state index contributed by atoms with van der Waals surface area (Å²) in [6.07, 6.45) is 1.25. The number of nitrogen functional groups attached to an aromatic ring is 1. The maximum atomic E-state index is 13.5. The molecule has 136 valence electrons. The molecule has 1 aromatic carbocycles. The lowest BCUT2D eigenvalue weighted by Crippen LogP contribution is -2.41. The molecule has 2 aliphatic heterocycles.